The average Bonchev–Trinajstić information content (AvgIpc) is 2.49. The molecule has 0 fully saturated rings. The molecule has 0 aliphatic heterocycles. The minimum Gasteiger partial charge on any atom is -0.497 e. The Hall–Kier alpha value is -1.30. The van der Waals surface area contributed by atoms with Gasteiger partial charge in [-0.05, 0) is 58.3 Å². The quantitative estimate of drug-likeness (QED) is 0.683. The molecule has 2 unspecified atom stereocenters. The number of benzene rings is 1. The molecule has 0 spiro atoms. The fourth-order valence-corrected chi connectivity index (χ4v) is 1.81. The van der Waals surface area contributed by atoms with Crippen molar-refractivity contribution in [1.82, 2.24) is 10.2 Å². The van der Waals surface area contributed by atoms with Crippen LogP contribution in [0.25, 0.3) is 0 Å². The summed E-state index contributed by atoms with van der Waals surface area (Å²) in [5.74, 6) is 1.52. The maximum atomic E-state index is 9.91. The van der Waals surface area contributed by atoms with Crippen LogP contribution >= 0.6 is 0 Å². The fraction of sp³-hybridized carbons (Fsp3) is 0.625. The molecule has 5 heteroatoms. The highest BCUT2D eigenvalue weighted by Crippen LogP contribution is 2.16. The number of nitrogens with one attached hydrogen (secondary N) is 1. The Balaban J connectivity index is 2.19. The molecular weight excluding hydrogens is 268 g/mol. The standard InChI is InChI=1S/C16H28N2O3/c1-13(9-10-18(2)3)17-11-14(19)12-21-16-7-5-15(20-4)6-8-16/h5-8,13-14,17,19H,9-12H2,1-4H3. The van der Waals surface area contributed by atoms with E-state index in [0.29, 0.717) is 12.6 Å². The van der Waals surface area contributed by atoms with Gasteiger partial charge in [0.1, 0.15) is 24.2 Å². The molecule has 0 aliphatic carbocycles. The van der Waals surface area contributed by atoms with E-state index in [1.165, 1.54) is 0 Å². The molecule has 0 saturated carbocycles. The number of ether oxygens (including phenoxy) is 2. The van der Waals surface area contributed by atoms with E-state index in [1.54, 1.807) is 7.11 Å². The molecule has 0 radical (unpaired) electrons. The maximum absolute atomic E-state index is 9.91. The van der Waals surface area contributed by atoms with E-state index in [-0.39, 0.29) is 6.61 Å². The molecule has 5 nitrogen and oxygen atoms in total. The van der Waals surface area contributed by atoms with Crippen molar-refractivity contribution in [2.24, 2.45) is 0 Å². The zero-order chi connectivity index (χ0) is 15.7. The van der Waals surface area contributed by atoms with Crippen LogP contribution in [0.4, 0.5) is 0 Å². The molecule has 0 amide bonds. The van der Waals surface area contributed by atoms with Gasteiger partial charge in [0.15, 0.2) is 0 Å². The second-order valence-corrected chi connectivity index (χ2v) is 5.54. The Morgan fingerprint density at radius 2 is 1.81 bits per heavy atom. The lowest BCUT2D eigenvalue weighted by molar-refractivity contribution is 0.103. The lowest BCUT2D eigenvalue weighted by Crippen LogP contribution is -2.37. The largest absolute Gasteiger partial charge is 0.497 e. The SMILES string of the molecule is COc1ccc(OCC(O)CNC(C)CCN(C)C)cc1. The third-order valence-electron chi connectivity index (χ3n) is 3.21. The van der Waals surface area contributed by atoms with Gasteiger partial charge in [-0.25, -0.2) is 0 Å². The first-order valence-electron chi connectivity index (χ1n) is 7.34. The van der Waals surface area contributed by atoms with E-state index in [9.17, 15) is 5.11 Å². The highest BCUT2D eigenvalue weighted by atomic mass is 16.5. The van der Waals surface area contributed by atoms with Crippen molar-refractivity contribution in [2.75, 3.05) is 40.9 Å². The molecule has 0 aromatic heterocycles. The number of nitrogens with zero attached hydrogens (tertiary/aromatic N) is 1. The zero-order valence-electron chi connectivity index (χ0n) is 13.5. The van der Waals surface area contributed by atoms with Crippen LogP contribution < -0.4 is 14.8 Å². The van der Waals surface area contributed by atoms with Crippen molar-refractivity contribution >= 4 is 0 Å². The molecular formula is C16H28N2O3. The van der Waals surface area contributed by atoms with Gasteiger partial charge in [0.25, 0.3) is 0 Å². The Morgan fingerprint density at radius 3 is 2.38 bits per heavy atom. The third-order valence-corrected chi connectivity index (χ3v) is 3.21. The van der Waals surface area contributed by atoms with E-state index >= 15 is 0 Å². The van der Waals surface area contributed by atoms with E-state index in [0.717, 1.165) is 24.5 Å². The van der Waals surface area contributed by atoms with Crippen molar-refractivity contribution in [3.63, 3.8) is 0 Å². The van der Waals surface area contributed by atoms with E-state index < -0.39 is 6.10 Å². The number of aliphatic hydroxyl groups is 1. The number of aliphatic hydroxyl groups excluding tert-OH is 1. The molecule has 2 N–H and O–H groups in total. The van der Waals surface area contributed by atoms with Gasteiger partial charge in [0.05, 0.1) is 7.11 Å². The first-order valence-corrected chi connectivity index (χ1v) is 7.34. The maximum Gasteiger partial charge on any atom is 0.119 e. The predicted octanol–water partition coefficient (Wildman–Crippen LogP) is 1.36. The molecule has 0 aliphatic rings. The highest BCUT2D eigenvalue weighted by Gasteiger charge is 2.08. The topological polar surface area (TPSA) is 54.0 Å². The summed E-state index contributed by atoms with van der Waals surface area (Å²) in [6.45, 7) is 3.97. The van der Waals surface area contributed by atoms with Crippen molar-refractivity contribution in [2.45, 2.75) is 25.5 Å². The second-order valence-electron chi connectivity index (χ2n) is 5.54. The van der Waals surface area contributed by atoms with E-state index in [1.807, 2.05) is 24.3 Å². The Kier molecular flexibility index (Phi) is 8.12. The lowest BCUT2D eigenvalue weighted by Gasteiger charge is -2.19. The van der Waals surface area contributed by atoms with Gasteiger partial charge >= 0.3 is 0 Å². The number of hydrogen-bond acceptors (Lipinski definition) is 5. The summed E-state index contributed by atoms with van der Waals surface area (Å²) in [5.41, 5.74) is 0. The van der Waals surface area contributed by atoms with Crippen molar-refractivity contribution < 1.29 is 14.6 Å². The average molecular weight is 296 g/mol. The smallest absolute Gasteiger partial charge is 0.119 e. The van der Waals surface area contributed by atoms with Gasteiger partial charge in [-0.1, -0.05) is 0 Å². The summed E-state index contributed by atoms with van der Waals surface area (Å²) < 4.78 is 10.6. The van der Waals surface area contributed by atoms with Crippen LogP contribution in [-0.2, 0) is 0 Å². The van der Waals surface area contributed by atoms with Crippen LogP contribution in [0.3, 0.4) is 0 Å². The third kappa shape index (κ3) is 7.90. The first kappa shape index (κ1) is 17.8. The summed E-state index contributed by atoms with van der Waals surface area (Å²) >= 11 is 0. The van der Waals surface area contributed by atoms with Gasteiger partial charge in [-0.3, -0.25) is 0 Å². The lowest BCUT2D eigenvalue weighted by atomic mass is 10.2. The Labute approximate surface area is 127 Å². The van der Waals surface area contributed by atoms with Crippen LogP contribution in [0.2, 0.25) is 0 Å². The van der Waals surface area contributed by atoms with Gasteiger partial charge in [-0.2, -0.15) is 0 Å². The summed E-state index contributed by atoms with van der Waals surface area (Å²) in [7, 11) is 5.75. The van der Waals surface area contributed by atoms with E-state index in [2.05, 4.69) is 31.2 Å². The zero-order valence-corrected chi connectivity index (χ0v) is 13.5. The van der Waals surface area contributed by atoms with Crippen LogP contribution in [-0.4, -0.2) is 63.1 Å². The van der Waals surface area contributed by atoms with Crippen molar-refractivity contribution in [3.05, 3.63) is 24.3 Å². The highest BCUT2D eigenvalue weighted by molar-refractivity contribution is 5.31. The summed E-state index contributed by atoms with van der Waals surface area (Å²) in [4.78, 5) is 2.15. The minimum atomic E-state index is -0.520. The molecule has 0 bridgehead atoms. The van der Waals surface area contributed by atoms with Crippen LogP contribution in [0.15, 0.2) is 24.3 Å². The Bertz CT molecular complexity index is 382. The summed E-state index contributed by atoms with van der Waals surface area (Å²) in [6.07, 6.45) is 0.535. The fourth-order valence-electron chi connectivity index (χ4n) is 1.81. The normalized spacial score (nSPS) is 14.0. The number of hydrogen-bond donors (Lipinski definition) is 2. The second kappa shape index (κ2) is 9.60. The Morgan fingerprint density at radius 1 is 1.19 bits per heavy atom. The van der Waals surface area contributed by atoms with Crippen molar-refractivity contribution in [3.8, 4) is 11.5 Å². The van der Waals surface area contributed by atoms with Crippen LogP contribution in [0.1, 0.15) is 13.3 Å². The van der Waals surface area contributed by atoms with Gasteiger partial charge in [-0.15, -0.1) is 0 Å². The summed E-state index contributed by atoms with van der Waals surface area (Å²) in [6, 6.07) is 7.72. The summed E-state index contributed by atoms with van der Waals surface area (Å²) in [5, 5.41) is 13.2. The first-order chi connectivity index (χ1) is 10.0. The molecule has 1 aromatic carbocycles. The molecule has 1 aromatic rings. The molecule has 120 valence electrons. The molecule has 2 atom stereocenters. The molecule has 21 heavy (non-hydrogen) atoms. The van der Waals surface area contributed by atoms with Crippen LogP contribution in [0, 0.1) is 0 Å². The van der Waals surface area contributed by atoms with Gasteiger partial charge in [0.2, 0.25) is 0 Å². The monoisotopic (exact) mass is 296 g/mol. The van der Waals surface area contributed by atoms with Gasteiger partial charge < -0.3 is 24.8 Å². The van der Waals surface area contributed by atoms with Gasteiger partial charge in [0, 0.05) is 12.6 Å². The van der Waals surface area contributed by atoms with E-state index in [4.69, 9.17) is 9.47 Å². The molecule has 0 heterocycles. The molecule has 0 saturated heterocycles. The van der Waals surface area contributed by atoms with Crippen molar-refractivity contribution in [1.29, 1.82) is 0 Å². The van der Waals surface area contributed by atoms with Crippen LogP contribution in [0.5, 0.6) is 11.5 Å². The predicted molar refractivity (Wildman–Crippen MR) is 85.1 cm³/mol. The minimum absolute atomic E-state index is 0.278. The number of methoxy groups -OCH3 is 1. The number of rotatable bonds is 10. The molecule has 1 rings (SSSR count).